The molecule has 32 heavy (non-hydrogen) atoms. The second-order valence-electron chi connectivity index (χ2n) is 7.72. The number of halogens is 1. The third-order valence-electron chi connectivity index (χ3n) is 5.21. The number of benzene rings is 1. The van der Waals surface area contributed by atoms with Crippen molar-refractivity contribution in [2.24, 2.45) is 4.40 Å². The molecule has 0 bridgehead atoms. The number of carbonyl (C=O) groups is 1. The summed E-state index contributed by atoms with van der Waals surface area (Å²) in [4.78, 5) is 14.3. The largest absolute Gasteiger partial charge is 0.362 e. The molecule has 1 aliphatic heterocycles. The number of rotatable bonds is 8. The van der Waals surface area contributed by atoms with E-state index in [9.17, 15) is 13.2 Å². The van der Waals surface area contributed by atoms with Gasteiger partial charge in [0.25, 0.3) is 10.0 Å². The van der Waals surface area contributed by atoms with Crippen LogP contribution in [0.5, 0.6) is 0 Å². The molecule has 0 spiro atoms. The standard InChI is InChI=1S/C22H28ClN5O3S/c1-4-5-15-28-22(23)19(16(2)25-28)12-13-21(29)24-17-8-10-18(11-9-17)32(30,31)26-20-7-6-14-27(20)3/h8-13H,4-7,14-15H2,1-3H3,(H,24,29)/b13-12+,26-20-. The van der Waals surface area contributed by atoms with Crippen molar-refractivity contribution in [2.45, 2.75) is 51.0 Å². The zero-order valence-corrected chi connectivity index (χ0v) is 20.1. The molecule has 2 heterocycles. The number of aromatic nitrogens is 2. The van der Waals surface area contributed by atoms with Crippen LogP contribution in [-0.4, -0.2) is 48.4 Å². The van der Waals surface area contributed by atoms with E-state index in [4.69, 9.17) is 11.6 Å². The summed E-state index contributed by atoms with van der Waals surface area (Å²) in [6.45, 7) is 5.47. The van der Waals surface area contributed by atoms with Crippen LogP contribution in [-0.2, 0) is 21.4 Å². The highest BCUT2D eigenvalue weighted by Crippen LogP contribution is 2.22. The number of likely N-dealkylation sites (tertiary alicyclic amines) is 1. The summed E-state index contributed by atoms with van der Waals surface area (Å²) >= 11 is 6.39. The van der Waals surface area contributed by atoms with Gasteiger partial charge in [0, 0.05) is 43.9 Å². The maximum Gasteiger partial charge on any atom is 0.283 e. The first-order chi connectivity index (χ1) is 15.2. The smallest absolute Gasteiger partial charge is 0.283 e. The Bertz CT molecular complexity index is 1140. The maximum absolute atomic E-state index is 12.5. The number of carbonyl (C=O) groups excluding carboxylic acids is 1. The Hall–Kier alpha value is -2.65. The molecule has 1 amide bonds. The van der Waals surface area contributed by atoms with Crippen molar-refractivity contribution >= 4 is 45.1 Å². The number of sulfonamides is 1. The molecule has 8 nitrogen and oxygen atoms in total. The van der Waals surface area contributed by atoms with Crippen LogP contribution in [0.3, 0.4) is 0 Å². The Kier molecular flexibility index (Phi) is 7.73. The lowest BCUT2D eigenvalue weighted by molar-refractivity contribution is -0.111. The summed E-state index contributed by atoms with van der Waals surface area (Å²) in [5, 5.41) is 7.63. The first kappa shape index (κ1) is 24.0. The Labute approximate surface area is 194 Å². The van der Waals surface area contributed by atoms with Gasteiger partial charge in [-0.15, -0.1) is 4.40 Å². The molecule has 2 aromatic rings. The van der Waals surface area contributed by atoms with Gasteiger partial charge in [-0.1, -0.05) is 24.9 Å². The summed E-state index contributed by atoms with van der Waals surface area (Å²) in [5.74, 6) is 0.213. The van der Waals surface area contributed by atoms with E-state index in [-0.39, 0.29) is 10.8 Å². The number of unbranched alkanes of at least 4 members (excludes halogenated alkanes) is 1. The summed E-state index contributed by atoms with van der Waals surface area (Å²) in [5.41, 5.74) is 1.93. The minimum Gasteiger partial charge on any atom is -0.362 e. The number of aryl methyl sites for hydroxylation is 2. The van der Waals surface area contributed by atoms with Gasteiger partial charge in [-0.05, 0) is 50.1 Å². The Morgan fingerprint density at radius 1 is 1.31 bits per heavy atom. The molecule has 0 radical (unpaired) electrons. The molecule has 1 saturated heterocycles. The number of nitrogens with one attached hydrogen (secondary N) is 1. The van der Waals surface area contributed by atoms with E-state index in [1.165, 1.54) is 30.3 Å². The van der Waals surface area contributed by atoms with Gasteiger partial charge in [0.1, 0.15) is 11.0 Å². The van der Waals surface area contributed by atoms with Gasteiger partial charge < -0.3 is 10.2 Å². The molecule has 0 saturated carbocycles. The van der Waals surface area contributed by atoms with E-state index < -0.39 is 10.0 Å². The van der Waals surface area contributed by atoms with E-state index in [1.54, 1.807) is 10.8 Å². The predicted octanol–water partition coefficient (Wildman–Crippen LogP) is 4.11. The molecule has 1 fully saturated rings. The molecule has 1 aliphatic rings. The minimum absolute atomic E-state index is 0.0840. The molecule has 0 aliphatic carbocycles. The zero-order chi connectivity index (χ0) is 23.3. The summed E-state index contributed by atoms with van der Waals surface area (Å²) in [7, 11) is -1.95. The van der Waals surface area contributed by atoms with Crippen molar-refractivity contribution in [1.82, 2.24) is 14.7 Å². The van der Waals surface area contributed by atoms with Gasteiger partial charge in [-0.25, -0.2) is 0 Å². The number of nitrogens with zero attached hydrogens (tertiary/aromatic N) is 4. The average molecular weight is 478 g/mol. The second-order valence-corrected chi connectivity index (χ2v) is 9.68. The Balaban J connectivity index is 1.66. The topological polar surface area (TPSA) is 96.7 Å². The second kappa shape index (κ2) is 10.3. The fourth-order valence-corrected chi connectivity index (χ4v) is 4.78. The van der Waals surface area contributed by atoms with Crippen LogP contribution < -0.4 is 5.32 Å². The fraction of sp³-hybridized carbons (Fsp3) is 0.409. The van der Waals surface area contributed by atoms with E-state index in [1.807, 2.05) is 18.9 Å². The number of anilines is 1. The third kappa shape index (κ3) is 5.77. The van der Waals surface area contributed by atoms with E-state index >= 15 is 0 Å². The Morgan fingerprint density at radius 2 is 2.03 bits per heavy atom. The molecule has 3 rings (SSSR count). The van der Waals surface area contributed by atoms with Crippen LogP contribution in [0.25, 0.3) is 6.08 Å². The molecule has 1 N–H and O–H groups in total. The summed E-state index contributed by atoms with van der Waals surface area (Å²) in [6.07, 6.45) is 6.57. The third-order valence-corrected chi connectivity index (χ3v) is 6.93. The van der Waals surface area contributed by atoms with E-state index in [0.29, 0.717) is 28.7 Å². The molecule has 10 heteroatoms. The van der Waals surface area contributed by atoms with E-state index in [2.05, 4.69) is 21.7 Å². The highest BCUT2D eigenvalue weighted by molar-refractivity contribution is 7.90. The molecule has 1 aromatic carbocycles. The monoisotopic (exact) mass is 477 g/mol. The first-order valence-corrected chi connectivity index (χ1v) is 12.4. The van der Waals surface area contributed by atoms with Crippen molar-refractivity contribution in [3.8, 4) is 0 Å². The van der Waals surface area contributed by atoms with Crippen LogP contribution in [0.1, 0.15) is 43.9 Å². The van der Waals surface area contributed by atoms with Gasteiger partial charge in [-0.2, -0.15) is 13.5 Å². The molecule has 0 atom stereocenters. The lowest BCUT2D eigenvalue weighted by atomic mass is 10.2. The van der Waals surface area contributed by atoms with Crippen molar-refractivity contribution in [1.29, 1.82) is 0 Å². The first-order valence-electron chi connectivity index (χ1n) is 10.6. The number of amides is 1. The van der Waals surface area contributed by atoms with Crippen LogP contribution in [0.4, 0.5) is 5.69 Å². The van der Waals surface area contributed by atoms with Crippen molar-refractivity contribution in [3.05, 3.63) is 46.8 Å². The number of hydrogen-bond acceptors (Lipinski definition) is 4. The van der Waals surface area contributed by atoms with Crippen LogP contribution in [0, 0.1) is 6.92 Å². The summed E-state index contributed by atoms with van der Waals surface area (Å²) < 4.78 is 30.7. The normalized spacial score (nSPS) is 15.8. The SMILES string of the molecule is CCCCn1nc(C)c(/C=C/C(=O)Nc2ccc(S(=O)(=O)/N=C3/CCCN3C)cc2)c1Cl. The van der Waals surface area contributed by atoms with Crippen LogP contribution in [0.2, 0.25) is 5.15 Å². The quantitative estimate of drug-likeness (QED) is 0.577. The Morgan fingerprint density at radius 3 is 2.66 bits per heavy atom. The predicted molar refractivity (Wildman–Crippen MR) is 127 cm³/mol. The van der Waals surface area contributed by atoms with Gasteiger partial charge in [0.2, 0.25) is 5.91 Å². The minimum atomic E-state index is -3.79. The lowest BCUT2D eigenvalue weighted by Gasteiger charge is -2.11. The van der Waals surface area contributed by atoms with Gasteiger partial charge in [0.05, 0.1) is 10.6 Å². The van der Waals surface area contributed by atoms with Gasteiger partial charge in [0.15, 0.2) is 0 Å². The molecule has 1 aromatic heterocycles. The van der Waals surface area contributed by atoms with E-state index in [0.717, 1.165) is 38.0 Å². The van der Waals surface area contributed by atoms with Crippen molar-refractivity contribution in [3.63, 3.8) is 0 Å². The maximum atomic E-state index is 12.5. The molecular weight excluding hydrogens is 450 g/mol. The van der Waals surface area contributed by atoms with Crippen LogP contribution in [0.15, 0.2) is 39.6 Å². The van der Waals surface area contributed by atoms with Crippen molar-refractivity contribution in [2.75, 3.05) is 18.9 Å². The molecular formula is C22H28ClN5O3S. The van der Waals surface area contributed by atoms with Gasteiger partial charge in [-0.3, -0.25) is 9.48 Å². The highest BCUT2D eigenvalue weighted by Gasteiger charge is 2.20. The zero-order valence-electron chi connectivity index (χ0n) is 18.5. The van der Waals surface area contributed by atoms with Crippen LogP contribution >= 0.6 is 11.6 Å². The molecule has 0 unspecified atom stereocenters. The van der Waals surface area contributed by atoms with Crippen molar-refractivity contribution < 1.29 is 13.2 Å². The fourth-order valence-electron chi connectivity index (χ4n) is 3.37. The highest BCUT2D eigenvalue weighted by atomic mass is 35.5. The molecule has 172 valence electrons. The average Bonchev–Trinajstić information content (AvgIpc) is 3.26. The summed E-state index contributed by atoms with van der Waals surface area (Å²) in [6, 6.07) is 5.95. The van der Waals surface area contributed by atoms with Gasteiger partial charge >= 0.3 is 0 Å². The lowest BCUT2D eigenvalue weighted by Crippen LogP contribution is -2.20. The number of amidine groups is 1. The number of hydrogen-bond donors (Lipinski definition) is 1.